The molecular weight excluding hydrogens is 307 g/mol. The number of imidazole rings is 1. The van der Waals surface area contributed by atoms with Crippen LogP contribution in [0.25, 0.3) is 0 Å². The molecule has 0 amide bonds. The van der Waals surface area contributed by atoms with Crippen LogP contribution in [0, 0.1) is 0 Å². The molecule has 1 aliphatic rings. The molecule has 7 heteroatoms. The van der Waals surface area contributed by atoms with Crippen LogP contribution >= 0.6 is 0 Å². The molecule has 1 aromatic carbocycles. The number of phenolic OH excluding ortho intramolecular Hbond substituents is 1. The number of aromatic hydroxyl groups is 1. The largest absolute Gasteiger partial charge is 0.508 e. The minimum atomic E-state index is -4.37. The summed E-state index contributed by atoms with van der Waals surface area (Å²) in [6.45, 7) is 2.32. The van der Waals surface area contributed by atoms with E-state index >= 15 is 0 Å². The summed E-state index contributed by atoms with van der Waals surface area (Å²) in [6.07, 6.45) is -1.97. The number of benzene rings is 1. The lowest BCUT2D eigenvalue weighted by Crippen LogP contribution is -2.32. The van der Waals surface area contributed by atoms with E-state index in [9.17, 15) is 18.3 Å². The summed E-state index contributed by atoms with van der Waals surface area (Å²) in [5.74, 6) is 0.702. The molecule has 2 aromatic rings. The van der Waals surface area contributed by atoms with Crippen molar-refractivity contribution in [2.24, 2.45) is 0 Å². The molecule has 0 radical (unpaired) electrons. The summed E-state index contributed by atoms with van der Waals surface area (Å²) >= 11 is 0. The maximum absolute atomic E-state index is 12.6. The van der Waals surface area contributed by atoms with Gasteiger partial charge in [-0.25, -0.2) is 4.98 Å². The Morgan fingerprint density at radius 1 is 1.26 bits per heavy atom. The number of phenols is 1. The summed E-state index contributed by atoms with van der Waals surface area (Å²) in [4.78, 5) is 8.54. The molecule has 1 aromatic heterocycles. The van der Waals surface area contributed by atoms with Crippen LogP contribution in [0.1, 0.15) is 35.8 Å². The van der Waals surface area contributed by atoms with Crippen LogP contribution in [0.3, 0.4) is 0 Å². The van der Waals surface area contributed by atoms with Crippen molar-refractivity contribution in [2.75, 3.05) is 13.1 Å². The minimum Gasteiger partial charge on any atom is -0.508 e. The van der Waals surface area contributed by atoms with E-state index < -0.39 is 11.9 Å². The van der Waals surface area contributed by atoms with Gasteiger partial charge in [-0.05, 0) is 43.6 Å². The van der Waals surface area contributed by atoms with Gasteiger partial charge in [-0.3, -0.25) is 4.90 Å². The Hall–Kier alpha value is -2.02. The number of alkyl halides is 3. The monoisotopic (exact) mass is 325 g/mol. The Bertz CT molecular complexity index is 661. The maximum Gasteiger partial charge on any atom is 0.432 e. The second-order valence-electron chi connectivity index (χ2n) is 5.90. The fourth-order valence-electron chi connectivity index (χ4n) is 2.97. The van der Waals surface area contributed by atoms with Gasteiger partial charge in [-0.1, -0.05) is 12.1 Å². The third kappa shape index (κ3) is 3.85. The zero-order valence-corrected chi connectivity index (χ0v) is 12.5. The second kappa shape index (κ2) is 6.23. The summed E-state index contributed by atoms with van der Waals surface area (Å²) in [5, 5.41) is 9.48. The van der Waals surface area contributed by atoms with Crippen LogP contribution in [-0.2, 0) is 12.7 Å². The van der Waals surface area contributed by atoms with E-state index in [1.165, 1.54) is 0 Å². The standard InChI is InChI=1S/C16H18F3N3O/c17-16(18,19)14-9-20-15(21-14)12-4-6-22(7-5-12)10-11-2-1-3-13(23)8-11/h1-3,8-9,12,23H,4-7,10H2,(H,20,21). The highest BCUT2D eigenvalue weighted by Gasteiger charge is 2.34. The average Bonchev–Trinajstić information content (AvgIpc) is 2.98. The molecule has 4 nitrogen and oxygen atoms in total. The van der Waals surface area contributed by atoms with Crippen molar-refractivity contribution in [2.45, 2.75) is 31.5 Å². The Balaban J connectivity index is 1.57. The van der Waals surface area contributed by atoms with Gasteiger partial charge < -0.3 is 10.1 Å². The van der Waals surface area contributed by atoms with Gasteiger partial charge >= 0.3 is 6.18 Å². The first kappa shape index (κ1) is 15.9. The number of aromatic nitrogens is 2. The molecule has 1 fully saturated rings. The SMILES string of the molecule is Oc1cccc(CN2CCC(c3ncc(C(F)(F)F)[nH]3)CC2)c1. The van der Waals surface area contributed by atoms with Gasteiger partial charge in [0, 0.05) is 12.5 Å². The molecule has 1 aliphatic heterocycles. The topological polar surface area (TPSA) is 52.1 Å². The van der Waals surface area contributed by atoms with Gasteiger partial charge in [-0.2, -0.15) is 13.2 Å². The number of H-pyrrole nitrogens is 1. The molecule has 0 saturated carbocycles. The van der Waals surface area contributed by atoms with Crippen molar-refractivity contribution in [3.05, 3.63) is 47.5 Å². The molecular formula is C16H18F3N3O. The first-order valence-electron chi connectivity index (χ1n) is 7.54. The summed E-state index contributed by atoms with van der Waals surface area (Å²) in [5.41, 5.74) is 0.246. The van der Waals surface area contributed by atoms with E-state index in [1.807, 2.05) is 6.07 Å². The van der Waals surface area contributed by atoms with Gasteiger partial charge in [0.05, 0.1) is 6.20 Å². The van der Waals surface area contributed by atoms with Gasteiger partial charge in [-0.15, -0.1) is 0 Å². The van der Waals surface area contributed by atoms with E-state index in [0.717, 1.165) is 44.2 Å². The van der Waals surface area contributed by atoms with Gasteiger partial charge in [0.25, 0.3) is 0 Å². The van der Waals surface area contributed by atoms with E-state index in [1.54, 1.807) is 18.2 Å². The lowest BCUT2D eigenvalue weighted by atomic mass is 9.96. The minimum absolute atomic E-state index is 0.0338. The highest BCUT2D eigenvalue weighted by molar-refractivity contribution is 5.27. The van der Waals surface area contributed by atoms with Crippen molar-refractivity contribution in [3.8, 4) is 5.75 Å². The fourth-order valence-corrected chi connectivity index (χ4v) is 2.97. The van der Waals surface area contributed by atoms with Gasteiger partial charge in [0.1, 0.15) is 17.3 Å². The molecule has 23 heavy (non-hydrogen) atoms. The van der Waals surface area contributed by atoms with E-state index in [-0.39, 0.29) is 11.7 Å². The third-order valence-electron chi connectivity index (χ3n) is 4.19. The van der Waals surface area contributed by atoms with E-state index in [0.29, 0.717) is 5.82 Å². The molecule has 0 spiro atoms. The zero-order valence-electron chi connectivity index (χ0n) is 12.5. The Morgan fingerprint density at radius 2 is 2.00 bits per heavy atom. The van der Waals surface area contributed by atoms with Gasteiger partial charge in [0.15, 0.2) is 0 Å². The molecule has 0 atom stereocenters. The third-order valence-corrected chi connectivity index (χ3v) is 4.19. The molecule has 1 saturated heterocycles. The number of nitrogens with one attached hydrogen (secondary N) is 1. The average molecular weight is 325 g/mol. The predicted molar refractivity (Wildman–Crippen MR) is 78.9 cm³/mol. The Labute approximate surface area is 132 Å². The van der Waals surface area contributed by atoms with E-state index in [4.69, 9.17) is 0 Å². The molecule has 2 heterocycles. The van der Waals surface area contributed by atoms with Gasteiger partial charge in [0.2, 0.25) is 0 Å². The molecule has 2 N–H and O–H groups in total. The van der Waals surface area contributed by atoms with Crippen LogP contribution in [0.4, 0.5) is 13.2 Å². The number of hydrogen-bond acceptors (Lipinski definition) is 3. The second-order valence-corrected chi connectivity index (χ2v) is 5.90. The highest BCUT2D eigenvalue weighted by atomic mass is 19.4. The molecule has 124 valence electrons. The summed E-state index contributed by atoms with van der Waals surface area (Å²) in [6, 6.07) is 7.12. The predicted octanol–water partition coefficient (Wildman–Crippen LogP) is 3.51. The number of rotatable bonds is 3. The van der Waals surface area contributed by atoms with Crippen molar-refractivity contribution >= 4 is 0 Å². The molecule has 0 aliphatic carbocycles. The van der Waals surface area contributed by atoms with Crippen molar-refractivity contribution in [1.82, 2.24) is 14.9 Å². The number of piperidine rings is 1. The molecule has 3 rings (SSSR count). The number of nitrogens with zero attached hydrogens (tertiary/aromatic N) is 2. The van der Waals surface area contributed by atoms with Crippen LogP contribution in [0.15, 0.2) is 30.5 Å². The van der Waals surface area contributed by atoms with Crippen molar-refractivity contribution in [3.63, 3.8) is 0 Å². The maximum atomic E-state index is 12.6. The lowest BCUT2D eigenvalue weighted by molar-refractivity contribution is -0.141. The number of halogens is 3. The Morgan fingerprint density at radius 3 is 2.61 bits per heavy atom. The smallest absolute Gasteiger partial charge is 0.432 e. The first-order valence-corrected chi connectivity index (χ1v) is 7.54. The van der Waals surface area contributed by atoms with Crippen LogP contribution in [-0.4, -0.2) is 33.1 Å². The number of likely N-dealkylation sites (tertiary alicyclic amines) is 1. The Kier molecular flexibility index (Phi) is 4.30. The normalized spacial score (nSPS) is 17.5. The zero-order chi connectivity index (χ0) is 16.4. The van der Waals surface area contributed by atoms with Crippen LogP contribution in [0.5, 0.6) is 5.75 Å². The molecule has 0 bridgehead atoms. The van der Waals surface area contributed by atoms with Crippen LogP contribution < -0.4 is 0 Å². The first-order chi connectivity index (χ1) is 10.9. The van der Waals surface area contributed by atoms with Crippen molar-refractivity contribution in [1.29, 1.82) is 0 Å². The fraction of sp³-hybridized carbons (Fsp3) is 0.438. The lowest BCUT2D eigenvalue weighted by Gasteiger charge is -2.31. The van der Waals surface area contributed by atoms with Crippen molar-refractivity contribution < 1.29 is 18.3 Å². The number of hydrogen-bond donors (Lipinski definition) is 2. The summed E-state index contributed by atoms with van der Waals surface area (Å²) in [7, 11) is 0. The molecule has 0 unspecified atom stereocenters. The summed E-state index contributed by atoms with van der Waals surface area (Å²) < 4.78 is 37.8. The quantitative estimate of drug-likeness (QED) is 0.908. The van der Waals surface area contributed by atoms with E-state index in [2.05, 4.69) is 14.9 Å². The van der Waals surface area contributed by atoms with Crippen LogP contribution in [0.2, 0.25) is 0 Å². The number of aromatic amines is 1. The highest BCUT2D eigenvalue weighted by Crippen LogP contribution is 2.31.